The second kappa shape index (κ2) is 8.45. The molecule has 0 aromatic heterocycles. The number of carbonyl (C=O) groups is 1. The third kappa shape index (κ3) is 5.54. The van der Waals surface area contributed by atoms with Crippen molar-refractivity contribution < 1.29 is 28.5 Å². The molecule has 0 aliphatic carbocycles. The van der Waals surface area contributed by atoms with Crippen LogP contribution in [0.2, 0.25) is 0 Å². The number of rotatable bonds is 7. The third-order valence-electron chi connectivity index (χ3n) is 4.19. The molecule has 0 unspecified atom stereocenters. The molecule has 2 rings (SSSR count). The Balaban J connectivity index is 2.14. The van der Waals surface area contributed by atoms with Crippen molar-refractivity contribution in [2.24, 2.45) is 5.92 Å². The molecule has 1 fully saturated rings. The van der Waals surface area contributed by atoms with Gasteiger partial charge in [0.1, 0.15) is 11.6 Å². The van der Waals surface area contributed by atoms with E-state index in [1.54, 1.807) is 19.3 Å². The average Bonchev–Trinajstić information content (AvgIpc) is 2.55. The number of halogens is 1. The van der Waals surface area contributed by atoms with Crippen molar-refractivity contribution >= 4 is 5.97 Å². The van der Waals surface area contributed by atoms with E-state index < -0.39 is 11.8 Å². The number of ether oxygens (including phenoxy) is 3. The Morgan fingerprint density at radius 3 is 2.92 bits per heavy atom. The minimum absolute atomic E-state index is 0.0296. The van der Waals surface area contributed by atoms with Crippen molar-refractivity contribution in [1.82, 2.24) is 0 Å². The fraction of sp³-hybridized carbons (Fsp3) is 0.526. The molecular formula is C19H25FO5. The zero-order chi connectivity index (χ0) is 18.4. The van der Waals surface area contributed by atoms with E-state index >= 15 is 0 Å². The van der Waals surface area contributed by atoms with Gasteiger partial charge in [-0.2, -0.15) is 0 Å². The van der Waals surface area contributed by atoms with Crippen molar-refractivity contribution in [1.29, 1.82) is 0 Å². The number of aliphatic carboxylic acids is 1. The van der Waals surface area contributed by atoms with Crippen LogP contribution < -0.4 is 4.74 Å². The maximum Gasteiger partial charge on any atom is 0.327 e. The van der Waals surface area contributed by atoms with E-state index in [1.807, 2.05) is 13.8 Å². The third-order valence-corrected chi connectivity index (χ3v) is 4.19. The summed E-state index contributed by atoms with van der Waals surface area (Å²) in [7, 11) is 1.55. The molecule has 1 N–H and O–H groups in total. The summed E-state index contributed by atoms with van der Waals surface area (Å²) in [6, 6.07) is 4.41. The zero-order valence-corrected chi connectivity index (χ0v) is 14.8. The Morgan fingerprint density at radius 1 is 1.48 bits per heavy atom. The number of allylic oxidation sites excluding steroid dienone is 1. The van der Waals surface area contributed by atoms with Gasteiger partial charge in [-0.3, -0.25) is 0 Å². The number of hydrogen-bond acceptors (Lipinski definition) is 4. The van der Waals surface area contributed by atoms with E-state index in [0.29, 0.717) is 24.3 Å². The summed E-state index contributed by atoms with van der Waals surface area (Å²) in [6.45, 7) is 4.15. The minimum atomic E-state index is -0.951. The van der Waals surface area contributed by atoms with E-state index in [2.05, 4.69) is 0 Å². The monoisotopic (exact) mass is 352 g/mol. The highest BCUT2D eigenvalue weighted by atomic mass is 19.1. The summed E-state index contributed by atoms with van der Waals surface area (Å²) >= 11 is 0. The van der Waals surface area contributed by atoms with E-state index in [4.69, 9.17) is 19.3 Å². The van der Waals surface area contributed by atoms with Gasteiger partial charge >= 0.3 is 5.97 Å². The van der Waals surface area contributed by atoms with Crippen LogP contribution in [0.5, 0.6) is 5.75 Å². The maximum atomic E-state index is 13.8. The van der Waals surface area contributed by atoms with Crippen LogP contribution in [0.1, 0.15) is 44.8 Å². The zero-order valence-electron chi connectivity index (χ0n) is 14.8. The van der Waals surface area contributed by atoms with Crippen LogP contribution in [-0.4, -0.2) is 30.6 Å². The molecule has 25 heavy (non-hydrogen) atoms. The van der Waals surface area contributed by atoms with Crippen LogP contribution in [0.3, 0.4) is 0 Å². The van der Waals surface area contributed by atoms with Crippen LogP contribution in [0, 0.1) is 11.7 Å². The maximum absolute atomic E-state index is 13.8. The Morgan fingerprint density at radius 2 is 2.24 bits per heavy atom. The number of hydrogen-bond donors (Lipinski definition) is 1. The predicted molar refractivity (Wildman–Crippen MR) is 90.9 cm³/mol. The van der Waals surface area contributed by atoms with Crippen molar-refractivity contribution in [2.45, 2.75) is 45.0 Å². The quantitative estimate of drug-likeness (QED) is 0.591. The van der Waals surface area contributed by atoms with Crippen molar-refractivity contribution in [3.8, 4) is 5.75 Å². The van der Waals surface area contributed by atoms with Gasteiger partial charge in [-0.15, -0.1) is 0 Å². The van der Waals surface area contributed by atoms with Gasteiger partial charge in [-0.1, -0.05) is 6.08 Å². The van der Waals surface area contributed by atoms with Crippen LogP contribution in [0.25, 0.3) is 0 Å². The molecule has 0 spiro atoms. The van der Waals surface area contributed by atoms with Crippen molar-refractivity contribution in [3.63, 3.8) is 0 Å². The normalized spacial score (nSPS) is 22.9. The molecule has 6 heteroatoms. The van der Waals surface area contributed by atoms with Crippen LogP contribution in [0.4, 0.5) is 4.39 Å². The summed E-state index contributed by atoms with van der Waals surface area (Å²) < 4.78 is 31.0. The lowest BCUT2D eigenvalue weighted by molar-refractivity contribution is -0.296. The molecule has 0 saturated carbocycles. The van der Waals surface area contributed by atoms with Gasteiger partial charge in [-0.05, 0) is 51.3 Å². The number of carboxylic acid groups (broad SMARTS) is 1. The first kappa shape index (κ1) is 19.4. The van der Waals surface area contributed by atoms with Crippen LogP contribution in [0.15, 0.2) is 30.4 Å². The van der Waals surface area contributed by atoms with Crippen molar-refractivity contribution in [2.75, 3.05) is 13.7 Å². The SMILES string of the molecule is COc1ccc(F)cc1[C@H]1OC(C)(C)OC[C@H]1CCC/C=C\C(=O)O. The van der Waals surface area contributed by atoms with Gasteiger partial charge in [0, 0.05) is 17.6 Å². The first-order chi connectivity index (χ1) is 11.8. The van der Waals surface area contributed by atoms with E-state index in [9.17, 15) is 9.18 Å². The summed E-state index contributed by atoms with van der Waals surface area (Å²) in [4.78, 5) is 10.5. The summed E-state index contributed by atoms with van der Waals surface area (Å²) in [6.07, 6.45) is 4.63. The summed E-state index contributed by atoms with van der Waals surface area (Å²) in [5, 5.41) is 8.62. The topological polar surface area (TPSA) is 65.0 Å². The van der Waals surface area contributed by atoms with Crippen molar-refractivity contribution in [3.05, 3.63) is 41.7 Å². The second-order valence-electron chi connectivity index (χ2n) is 6.57. The highest BCUT2D eigenvalue weighted by Crippen LogP contribution is 2.42. The fourth-order valence-electron chi connectivity index (χ4n) is 2.99. The van der Waals surface area contributed by atoms with E-state index in [0.717, 1.165) is 18.9 Å². The predicted octanol–water partition coefficient (Wildman–Crippen LogP) is 4.09. The molecule has 1 aromatic carbocycles. The van der Waals surface area contributed by atoms with Gasteiger partial charge in [0.05, 0.1) is 19.8 Å². The molecule has 138 valence electrons. The highest BCUT2D eigenvalue weighted by Gasteiger charge is 2.38. The lowest BCUT2D eigenvalue weighted by Gasteiger charge is -2.41. The molecule has 2 atom stereocenters. The molecule has 0 amide bonds. The minimum Gasteiger partial charge on any atom is -0.496 e. The molecule has 0 bridgehead atoms. The largest absolute Gasteiger partial charge is 0.496 e. The molecule has 1 aliphatic heterocycles. The first-order valence-electron chi connectivity index (χ1n) is 8.37. The smallest absolute Gasteiger partial charge is 0.327 e. The molecule has 1 saturated heterocycles. The van der Waals surface area contributed by atoms with Crippen LogP contribution >= 0.6 is 0 Å². The molecule has 1 heterocycles. The molecule has 0 radical (unpaired) electrons. The summed E-state index contributed by atoms with van der Waals surface area (Å²) in [5.74, 6) is -1.44. The van der Waals surface area contributed by atoms with Gasteiger partial charge in [-0.25, -0.2) is 9.18 Å². The fourth-order valence-corrected chi connectivity index (χ4v) is 2.99. The Labute approximate surface area is 147 Å². The molecule has 1 aromatic rings. The molecular weight excluding hydrogens is 327 g/mol. The van der Waals surface area contributed by atoms with Gasteiger partial charge in [0.25, 0.3) is 0 Å². The Kier molecular flexibility index (Phi) is 6.56. The van der Waals surface area contributed by atoms with Crippen LogP contribution in [-0.2, 0) is 14.3 Å². The molecule has 1 aliphatic rings. The van der Waals surface area contributed by atoms with Gasteiger partial charge in [0.2, 0.25) is 0 Å². The number of benzene rings is 1. The van der Waals surface area contributed by atoms with Gasteiger partial charge in [0.15, 0.2) is 5.79 Å². The first-order valence-corrected chi connectivity index (χ1v) is 8.37. The van der Waals surface area contributed by atoms with E-state index in [-0.39, 0.29) is 17.8 Å². The Hall–Kier alpha value is -1.92. The number of unbranched alkanes of at least 4 members (excludes halogenated alkanes) is 1. The second-order valence-corrected chi connectivity index (χ2v) is 6.57. The molecule has 5 nitrogen and oxygen atoms in total. The number of methoxy groups -OCH3 is 1. The summed E-state index contributed by atoms with van der Waals surface area (Å²) in [5.41, 5.74) is 0.671. The van der Waals surface area contributed by atoms with Gasteiger partial charge < -0.3 is 19.3 Å². The average molecular weight is 352 g/mol. The highest BCUT2D eigenvalue weighted by molar-refractivity contribution is 5.79. The standard InChI is InChI=1S/C19H25FO5/c1-19(2)24-12-13(7-5-4-6-8-17(21)22)18(25-19)15-11-14(20)9-10-16(15)23-3/h6,8-11,13,18H,4-5,7,12H2,1-3H3,(H,21,22)/b8-6-/t13-,18+/m1/s1. The lowest BCUT2D eigenvalue weighted by atomic mass is 9.89. The van der Waals surface area contributed by atoms with E-state index in [1.165, 1.54) is 12.1 Å². The number of carboxylic acids is 1. The lowest BCUT2D eigenvalue weighted by Crippen LogP contribution is -2.41. The Bertz CT molecular complexity index is 626.